The molecule has 1 aromatic heterocycles. The van der Waals surface area contributed by atoms with Gasteiger partial charge in [-0.2, -0.15) is 4.99 Å². The summed E-state index contributed by atoms with van der Waals surface area (Å²) in [4.78, 5) is 15.5. The lowest BCUT2D eigenvalue weighted by Gasteiger charge is -2.18. The molecule has 1 aliphatic rings. The van der Waals surface area contributed by atoms with E-state index in [2.05, 4.69) is 55.3 Å². The van der Waals surface area contributed by atoms with Crippen LogP contribution in [0.15, 0.2) is 53.5 Å². The SMILES string of the molecule is CC(=O)N=C1SC(C)NN1Cc1ccc(-c2ccccc2-c2nnn[nH]2)cc1. The molecule has 3 aromatic rings. The first-order valence-electron chi connectivity index (χ1n) is 8.82. The van der Waals surface area contributed by atoms with E-state index in [1.165, 1.54) is 6.92 Å². The third kappa shape index (κ3) is 3.95. The Morgan fingerprint density at radius 2 is 1.93 bits per heavy atom. The Morgan fingerprint density at radius 1 is 1.18 bits per heavy atom. The lowest BCUT2D eigenvalue weighted by molar-refractivity contribution is -0.115. The quantitative estimate of drug-likeness (QED) is 0.703. The number of hydrogen-bond acceptors (Lipinski definition) is 6. The van der Waals surface area contributed by atoms with Crippen LogP contribution in [-0.2, 0) is 11.3 Å². The van der Waals surface area contributed by atoms with Gasteiger partial charge in [0.05, 0.1) is 11.9 Å². The highest BCUT2D eigenvalue weighted by Gasteiger charge is 2.25. The number of aromatic amines is 1. The molecule has 1 aliphatic heterocycles. The third-order valence-corrected chi connectivity index (χ3v) is 5.22. The van der Waals surface area contributed by atoms with Crippen molar-refractivity contribution in [2.24, 2.45) is 4.99 Å². The van der Waals surface area contributed by atoms with Crippen molar-refractivity contribution in [3.63, 3.8) is 0 Å². The molecule has 0 radical (unpaired) electrons. The Hall–Kier alpha value is -3.04. The molecule has 0 spiro atoms. The molecule has 0 aliphatic carbocycles. The molecule has 1 unspecified atom stereocenters. The number of rotatable bonds is 4. The van der Waals surface area contributed by atoms with Gasteiger partial charge >= 0.3 is 0 Å². The predicted molar refractivity (Wildman–Crippen MR) is 109 cm³/mol. The van der Waals surface area contributed by atoms with Crippen molar-refractivity contribution in [3.8, 4) is 22.5 Å². The normalized spacial score (nSPS) is 18.0. The minimum absolute atomic E-state index is 0.180. The summed E-state index contributed by atoms with van der Waals surface area (Å²) < 4.78 is 0. The largest absolute Gasteiger partial charge is 0.281 e. The third-order valence-electron chi connectivity index (χ3n) is 4.24. The molecular formula is C19H19N7OS. The highest BCUT2D eigenvalue weighted by molar-refractivity contribution is 8.14. The molecule has 8 nitrogen and oxygen atoms in total. The molecule has 1 saturated heterocycles. The summed E-state index contributed by atoms with van der Waals surface area (Å²) in [6.45, 7) is 4.13. The molecule has 1 amide bonds. The van der Waals surface area contributed by atoms with Gasteiger partial charge in [0.15, 0.2) is 11.0 Å². The van der Waals surface area contributed by atoms with Gasteiger partial charge in [0.1, 0.15) is 0 Å². The summed E-state index contributed by atoms with van der Waals surface area (Å²) >= 11 is 1.54. The molecule has 1 atom stereocenters. The number of nitrogens with zero attached hydrogens (tertiary/aromatic N) is 5. The zero-order valence-corrected chi connectivity index (χ0v) is 16.3. The number of thioether (sulfide) groups is 1. The minimum Gasteiger partial charge on any atom is -0.281 e. The monoisotopic (exact) mass is 393 g/mol. The average Bonchev–Trinajstić information content (AvgIpc) is 3.32. The number of amides is 1. The van der Waals surface area contributed by atoms with E-state index < -0.39 is 0 Å². The van der Waals surface area contributed by atoms with E-state index in [0.29, 0.717) is 17.5 Å². The Labute approximate surface area is 166 Å². The van der Waals surface area contributed by atoms with Gasteiger partial charge in [0.2, 0.25) is 5.91 Å². The maximum absolute atomic E-state index is 11.4. The van der Waals surface area contributed by atoms with E-state index in [1.54, 1.807) is 11.8 Å². The fraction of sp³-hybridized carbons (Fsp3) is 0.211. The van der Waals surface area contributed by atoms with Crippen LogP contribution in [0.1, 0.15) is 19.4 Å². The number of hydrogen-bond donors (Lipinski definition) is 2. The maximum atomic E-state index is 11.4. The first-order valence-corrected chi connectivity index (χ1v) is 9.70. The lowest BCUT2D eigenvalue weighted by atomic mass is 9.98. The van der Waals surface area contributed by atoms with Crippen LogP contribution < -0.4 is 5.43 Å². The maximum Gasteiger partial charge on any atom is 0.245 e. The zero-order valence-electron chi connectivity index (χ0n) is 15.5. The van der Waals surface area contributed by atoms with Crippen molar-refractivity contribution in [1.82, 2.24) is 31.1 Å². The van der Waals surface area contributed by atoms with Crippen molar-refractivity contribution in [1.29, 1.82) is 0 Å². The second-order valence-electron chi connectivity index (χ2n) is 6.38. The molecule has 0 bridgehead atoms. The summed E-state index contributed by atoms with van der Waals surface area (Å²) in [5.74, 6) is 0.439. The van der Waals surface area contributed by atoms with Gasteiger partial charge in [0.25, 0.3) is 0 Å². The van der Waals surface area contributed by atoms with Crippen molar-refractivity contribution in [2.45, 2.75) is 25.8 Å². The number of carbonyl (C=O) groups is 1. The van der Waals surface area contributed by atoms with Gasteiger partial charge in [-0.05, 0) is 34.0 Å². The molecule has 28 heavy (non-hydrogen) atoms. The topological polar surface area (TPSA) is 99.2 Å². The van der Waals surface area contributed by atoms with E-state index in [4.69, 9.17) is 0 Å². The molecule has 142 valence electrons. The molecule has 9 heteroatoms. The van der Waals surface area contributed by atoms with Crippen molar-refractivity contribution >= 4 is 22.8 Å². The van der Waals surface area contributed by atoms with Crippen molar-refractivity contribution < 1.29 is 4.79 Å². The van der Waals surface area contributed by atoms with Crippen LogP contribution in [-0.4, -0.2) is 42.1 Å². The fourth-order valence-corrected chi connectivity index (χ4v) is 3.97. The number of benzene rings is 2. The highest BCUT2D eigenvalue weighted by Crippen LogP contribution is 2.30. The van der Waals surface area contributed by atoms with Gasteiger partial charge in [0, 0.05) is 12.5 Å². The molecular weight excluding hydrogens is 374 g/mol. The molecule has 2 aromatic carbocycles. The first kappa shape index (κ1) is 18.3. The fourth-order valence-electron chi connectivity index (χ4n) is 3.04. The number of amidine groups is 1. The van der Waals surface area contributed by atoms with Crippen LogP contribution in [0.4, 0.5) is 0 Å². The Morgan fingerprint density at radius 3 is 2.61 bits per heavy atom. The van der Waals surface area contributed by atoms with Crippen LogP contribution in [0.25, 0.3) is 22.5 Å². The molecule has 2 heterocycles. The van der Waals surface area contributed by atoms with E-state index >= 15 is 0 Å². The second-order valence-corrected chi connectivity index (χ2v) is 7.69. The summed E-state index contributed by atoms with van der Waals surface area (Å²) in [7, 11) is 0. The molecule has 4 rings (SSSR count). The Bertz CT molecular complexity index is 1000. The first-order chi connectivity index (χ1) is 13.6. The number of aromatic nitrogens is 4. The van der Waals surface area contributed by atoms with Crippen molar-refractivity contribution in [2.75, 3.05) is 0 Å². The van der Waals surface area contributed by atoms with Gasteiger partial charge in [-0.3, -0.25) is 9.80 Å². The predicted octanol–water partition coefficient (Wildman–Crippen LogP) is 2.84. The number of H-pyrrole nitrogens is 1. The minimum atomic E-state index is -0.197. The second kappa shape index (κ2) is 7.91. The highest BCUT2D eigenvalue weighted by atomic mass is 32.2. The van der Waals surface area contributed by atoms with Gasteiger partial charge in [-0.1, -0.05) is 60.3 Å². The Kier molecular flexibility index (Phi) is 5.18. The lowest BCUT2D eigenvalue weighted by Crippen LogP contribution is -2.36. The van der Waals surface area contributed by atoms with Gasteiger partial charge < -0.3 is 0 Å². The van der Waals surface area contributed by atoms with Gasteiger partial charge in [-0.25, -0.2) is 10.5 Å². The van der Waals surface area contributed by atoms with Crippen LogP contribution in [0.5, 0.6) is 0 Å². The number of hydrazine groups is 1. The standard InChI is InChI=1S/C19H19N7OS/c1-12(27)20-19-26(23-13(2)28-19)11-14-7-9-15(10-8-14)16-5-3-4-6-17(16)18-21-24-25-22-18/h3-10,13,23H,11H2,1-2H3,(H,21,22,24,25). The van der Waals surface area contributed by atoms with Crippen LogP contribution in [0.2, 0.25) is 0 Å². The number of nitrogens with one attached hydrogen (secondary N) is 2. The zero-order chi connectivity index (χ0) is 19.5. The molecule has 2 N–H and O–H groups in total. The van der Waals surface area contributed by atoms with Crippen LogP contribution in [0, 0.1) is 0 Å². The summed E-state index contributed by atoms with van der Waals surface area (Å²) in [5.41, 5.74) is 7.50. The number of tetrazole rings is 1. The number of carbonyl (C=O) groups excluding carboxylic acids is 1. The summed E-state index contributed by atoms with van der Waals surface area (Å²) in [6, 6.07) is 16.3. The van der Waals surface area contributed by atoms with Crippen molar-refractivity contribution in [3.05, 3.63) is 54.1 Å². The van der Waals surface area contributed by atoms with Gasteiger partial charge in [-0.15, -0.1) is 5.10 Å². The summed E-state index contributed by atoms with van der Waals surface area (Å²) in [5, 5.41) is 17.0. The van der Waals surface area contributed by atoms with E-state index in [1.807, 2.05) is 36.2 Å². The average molecular weight is 393 g/mol. The summed E-state index contributed by atoms with van der Waals surface area (Å²) in [6.07, 6.45) is 0. The van der Waals surface area contributed by atoms with E-state index in [0.717, 1.165) is 22.3 Å². The molecule has 1 fully saturated rings. The van der Waals surface area contributed by atoms with Crippen LogP contribution >= 0.6 is 11.8 Å². The Balaban J connectivity index is 1.57. The van der Waals surface area contributed by atoms with E-state index in [9.17, 15) is 4.79 Å². The van der Waals surface area contributed by atoms with E-state index in [-0.39, 0.29) is 11.3 Å². The van der Waals surface area contributed by atoms with Crippen LogP contribution in [0.3, 0.4) is 0 Å². The number of aliphatic imine (C=N–C) groups is 1. The molecule has 0 saturated carbocycles. The smallest absolute Gasteiger partial charge is 0.245 e.